The topological polar surface area (TPSA) is 52.5 Å². The van der Waals surface area contributed by atoms with Crippen LogP contribution in [0.15, 0.2) is 5.34 Å². The third-order valence-electron chi connectivity index (χ3n) is 0. The summed E-state index contributed by atoms with van der Waals surface area (Å²) in [5.74, 6) is 0. The second kappa shape index (κ2) is 16.1. The van der Waals surface area contributed by atoms with Crippen LogP contribution in [0.2, 0.25) is 0 Å². The molecule has 0 aromatic heterocycles. The Kier molecular flexibility index (Phi) is 37.7. The fourth-order valence-electron chi connectivity index (χ4n) is 0. The molecule has 0 rings (SSSR count). The normalized spacial score (nSPS) is 3.00. The van der Waals surface area contributed by atoms with Crippen LogP contribution in [-0.4, -0.2) is 0 Å². The zero-order valence-corrected chi connectivity index (χ0v) is 2.49. The Morgan fingerprint density at radius 1 is 1.75 bits per heavy atom. The van der Waals surface area contributed by atoms with Crippen molar-refractivity contribution in [2.75, 3.05) is 0 Å². The molecule has 3 nitrogen and oxygen atoms in total. The van der Waals surface area contributed by atoms with E-state index in [2.05, 4.69) is 0 Å². The van der Waals surface area contributed by atoms with Crippen molar-refractivity contribution in [2.24, 2.45) is 5.34 Å². The largest absolute Gasteiger partial charge is 0.451 e. The summed E-state index contributed by atoms with van der Waals surface area (Å²) in [4.78, 5) is 8.00. The highest BCUT2D eigenvalue weighted by Gasteiger charge is 0.958. The quantitative estimate of drug-likeness (QED) is 0.305. The van der Waals surface area contributed by atoms with Crippen molar-refractivity contribution in [1.82, 2.24) is 0 Å². The van der Waals surface area contributed by atoms with Crippen LogP contribution >= 0.6 is 0 Å². The maximum Gasteiger partial charge on any atom is 0.451 e. The van der Waals surface area contributed by atoms with Gasteiger partial charge in [-0.1, -0.05) is 0 Å². The Bertz CT molecular complexity index is 13.5. The third kappa shape index (κ3) is 8.37. The fraction of sp³-hybridized carbons (Fsp3) is 0. The van der Waals surface area contributed by atoms with Gasteiger partial charge in [0.15, 0.2) is 0 Å². The minimum Gasteiger partial charge on any atom is -0.444 e. The van der Waals surface area contributed by atoms with Crippen LogP contribution in [0.3, 0.4) is 0 Å². The van der Waals surface area contributed by atoms with Crippen molar-refractivity contribution in [2.45, 2.75) is 0 Å². The highest BCUT2D eigenvalue weighted by atomic mass is 35.5. The predicted octanol–water partition coefficient (Wildman–Crippen LogP) is -0.0171. The van der Waals surface area contributed by atoms with Crippen molar-refractivity contribution in [3.05, 3.63) is 10.1 Å². The molecule has 1 radical (unpaired) electrons. The fourth-order valence-corrected chi connectivity index (χ4v) is 0. The van der Waals surface area contributed by atoms with Crippen LogP contribution < -0.4 is 0 Å². The molecule has 0 N–H and O–H groups in total. The van der Waals surface area contributed by atoms with E-state index in [-0.39, 0.29) is 12.4 Å². The molecule has 25 valence electrons. The number of halogens is 1. The van der Waals surface area contributed by atoms with Crippen LogP contribution in [0, 0.1) is 22.5 Å². The molecule has 0 bridgehead atoms. The number of nitrogens with zero attached hydrogens (tertiary/aromatic N) is 1. The summed E-state index contributed by atoms with van der Waals surface area (Å²) in [5.41, 5.74) is 0. The monoisotopic (exact) mass is 82.0 g/mol. The van der Waals surface area contributed by atoms with Gasteiger partial charge in [0.2, 0.25) is 0 Å². The molecular formula is HClNO2. The first kappa shape index (κ1) is 9.35. The Balaban J connectivity index is 0. The van der Waals surface area contributed by atoms with E-state index >= 15 is 0 Å². The van der Waals surface area contributed by atoms with Crippen molar-refractivity contribution < 1.29 is 12.4 Å². The molecule has 0 spiro atoms. The lowest BCUT2D eigenvalue weighted by Crippen LogP contribution is -1.12. The Labute approximate surface area is 29.0 Å². The van der Waals surface area contributed by atoms with Gasteiger partial charge in [0, 0.05) is 0 Å². The van der Waals surface area contributed by atoms with Gasteiger partial charge in [-0.15, -0.1) is 5.34 Å². The van der Waals surface area contributed by atoms with Gasteiger partial charge in [-0.2, -0.15) is 0 Å². The van der Waals surface area contributed by atoms with E-state index in [0.29, 0.717) is 0 Å². The number of rotatable bonds is 0. The average molecular weight is 82.5 g/mol. The molecule has 0 aliphatic carbocycles. The minimum atomic E-state index is 0. The molecule has 0 aromatic rings. The SMILES string of the molecule is O=N[O-].[ClH+]. The van der Waals surface area contributed by atoms with Gasteiger partial charge in [0.1, 0.15) is 0 Å². The van der Waals surface area contributed by atoms with Crippen LogP contribution in [0.25, 0.3) is 0 Å². The Hall–Kier alpha value is -0.310. The second-order valence-corrected chi connectivity index (χ2v) is 0.0745. The first-order chi connectivity index (χ1) is 1.41. The summed E-state index contributed by atoms with van der Waals surface area (Å²) in [6.45, 7) is 0. The van der Waals surface area contributed by atoms with Gasteiger partial charge in [0.25, 0.3) is 0 Å². The number of hydrogen-bond donors (Lipinski definition) is 0. The molecule has 0 atom stereocenters. The zero-order chi connectivity index (χ0) is 2.71. The van der Waals surface area contributed by atoms with Gasteiger partial charge in [-0.25, -0.2) is 0 Å². The standard InChI is InChI=1S/ClH.HNO2/c;2-1-3/h1H;(H,2,3)/q+1;/p-1. The highest BCUT2D eigenvalue weighted by Crippen LogP contribution is 1.34. The molecule has 0 heterocycles. The first-order valence-corrected chi connectivity index (χ1v) is 0.365. The lowest BCUT2D eigenvalue weighted by atomic mass is 13.4. The molecule has 4 heavy (non-hydrogen) atoms. The van der Waals surface area contributed by atoms with Gasteiger partial charge in [0.05, 0.1) is 0 Å². The summed E-state index contributed by atoms with van der Waals surface area (Å²) in [6.07, 6.45) is 0. The maximum absolute atomic E-state index is 8.00. The molecule has 0 fully saturated rings. The number of hydrogen-bond acceptors (Lipinski definition) is 3. The molecular weight excluding hydrogens is 81.5 g/mol. The van der Waals surface area contributed by atoms with Crippen LogP contribution in [0.4, 0.5) is 0 Å². The molecule has 4 heteroatoms. The van der Waals surface area contributed by atoms with Crippen LogP contribution in [0.5, 0.6) is 0 Å². The highest BCUT2D eigenvalue weighted by molar-refractivity contribution is 4.21. The van der Waals surface area contributed by atoms with Crippen molar-refractivity contribution in [1.29, 1.82) is 0 Å². The summed E-state index contributed by atoms with van der Waals surface area (Å²) in [5, 5.41) is 9.00. The molecule has 0 aliphatic heterocycles. The molecule has 0 unspecified atom stereocenters. The van der Waals surface area contributed by atoms with E-state index in [1.807, 2.05) is 0 Å². The molecule has 0 saturated carbocycles. The summed E-state index contributed by atoms with van der Waals surface area (Å²) in [7, 11) is 0. The van der Waals surface area contributed by atoms with Crippen LogP contribution in [-0.2, 0) is 0 Å². The summed E-state index contributed by atoms with van der Waals surface area (Å²) < 4.78 is 0. The Morgan fingerprint density at radius 3 is 1.75 bits per heavy atom. The molecule has 0 aromatic carbocycles. The second-order valence-electron chi connectivity index (χ2n) is 0.0745. The lowest BCUT2D eigenvalue weighted by Gasteiger charge is -1.51. The molecule has 0 saturated heterocycles. The predicted molar refractivity (Wildman–Crippen MR) is 10.6 cm³/mol. The van der Waals surface area contributed by atoms with E-state index < -0.39 is 0 Å². The minimum absolute atomic E-state index is 0. The van der Waals surface area contributed by atoms with Gasteiger partial charge in [-0.3, -0.25) is 0 Å². The van der Waals surface area contributed by atoms with Gasteiger partial charge >= 0.3 is 12.4 Å². The van der Waals surface area contributed by atoms with Crippen molar-refractivity contribution in [3.63, 3.8) is 0 Å². The summed E-state index contributed by atoms with van der Waals surface area (Å²) >= 11 is 0. The zero-order valence-electron chi connectivity index (χ0n) is 1.67. The smallest absolute Gasteiger partial charge is 0.444 e. The average Bonchev–Trinajstić information content (AvgIpc) is 0.918. The van der Waals surface area contributed by atoms with E-state index in [1.54, 1.807) is 0 Å². The maximum atomic E-state index is 8.00. The van der Waals surface area contributed by atoms with Crippen molar-refractivity contribution >= 4 is 0 Å². The van der Waals surface area contributed by atoms with E-state index in [4.69, 9.17) is 10.1 Å². The van der Waals surface area contributed by atoms with E-state index in [1.165, 1.54) is 0 Å². The third-order valence-corrected chi connectivity index (χ3v) is 0. The van der Waals surface area contributed by atoms with E-state index in [0.717, 1.165) is 5.34 Å². The molecule has 0 amide bonds. The first-order valence-electron chi connectivity index (χ1n) is 0.365. The lowest BCUT2D eigenvalue weighted by molar-refractivity contribution is -0.000000716. The molecule has 0 aliphatic rings. The Morgan fingerprint density at radius 2 is 1.75 bits per heavy atom. The summed E-state index contributed by atoms with van der Waals surface area (Å²) in [6, 6.07) is 0. The van der Waals surface area contributed by atoms with Gasteiger partial charge < -0.3 is 10.1 Å². The van der Waals surface area contributed by atoms with Crippen LogP contribution in [0.1, 0.15) is 0 Å². The van der Waals surface area contributed by atoms with Crippen molar-refractivity contribution in [3.8, 4) is 0 Å². The van der Waals surface area contributed by atoms with Gasteiger partial charge in [-0.05, 0) is 0 Å². The van der Waals surface area contributed by atoms with E-state index in [9.17, 15) is 0 Å².